The van der Waals surface area contributed by atoms with Crippen molar-refractivity contribution in [3.63, 3.8) is 0 Å². The molecular weight excluding hydrogens is 492 g/mol. The van der Waals surface area contributed by atoms with Gasteiger partial charge < -0.3 is 0 Å². The van der Waals surface area contributed by atoms with E-state index in [1.807, 2.05) is 114 Å². The van der Waals surface area contributed by atoms with Crippen LogP contribution in [0.2, 0.25) is 0 Å². The molecule has 2 aliphatic rings. The van der Waals surface area contributed by atoms with Crippen molar-refractivity contribution < 1.29 is 25.5 Å². The average Bonchev–Trinajstić information content (AvgIpc) is 3.51. The molecule has 0 N–H and O–H groups in total. The molecule has 0 bridgehead atoms. The number of nitrogens with zero attached hydrogens (tertiary/aromatic N) is 2. The minimum Gasteiger partial charge on any atom is -0.230 e. The van der Waals surface area contributed by atoms with Crippen molar-refractivity contribution in [3.05, 3.63) is 123 Å². The summed E-state index contributed by atoms with van der Waals surface area (Å²) in [6, 6.07) is 15.1. The van der Waals surface area contributed by atoms with E-state index in [0.717, 1.165) is 32.8 Å². The first kappa shape index (κ1) is 27.8. The van der Waals surface area contributed by atoms with Crippen LogP contribution in [0.4, 0.5) is 0 Å². The van der Waals surface area contributed by atoms with Crippen LogP contribution in [-0.2, 0) is 39.0 Å². The van der Waals surface area contributed by atoms with Gasteiger partial charge in [0.2, 0.25) is 0 Å². The summed E-state index contributed by atoms with van der Waals surface area (Å²) in [7, 11) is -2.61. The number of benzene rings is 2. The van der Waals surface area contributed by atoms with E-state index >= 15 is 0 Å². The third kappa shape index (κ3) is 9.78. The quantitative estimate of drug-likeness (QED) is 0.402. The van der Waals surface area contributed by atoms with Crippen molar-refractivity contribution in [2.75, 3.05) is 0 Å². The Morgan fingerprint density at radius 2 is 0.879 bits per heavy atom. The van der Waals surface area contributed by atoms with E-state index in [1.165, 1.54) is 0 Å². The van der Waals surface area contributed by atoms with Crippen LogP contribution in [0, 0.1) is 77.0 Å². The van der Waals surface area contributed by atoms with Gasteiger partial charge in [0.1, 0.15) is 0 Å². The zero-order chi connectivity index (χ0) is 22.8. The van der Waals surface area contributed by atoms with Crippen molar-refractivity contribution in [1.82, 2.24) is 0 Å². The fourth-order valence-corrected chi connectivity index (χ4v) is 4.01. The summed E-state index contributed by atoms with van der Waals surface area (Å²) in [4.78, 5) is 1.46. The van der Waals surface area contributed by atoms with Crippen molar-refractivity contribution in [2.45, 2.75) is 23.6 Å². The van der Waals surface area contributed by atoms with Gasteiger partial charge in [0.05, 0.1) is 9.79 Å². The molecular formula is C26H24FeN2O2S2+2. The average molecular weight is 516 g/mol. The van der Waals surface area contributed by atoms with Crippen LogP contribution in [-0.4, -0.2) is 20.8 Å². The van der Waals surface area contributed by atoms with Crippen LogP contribution in [0.3, 0.4) is 0 Å². The zero-order valence-electron chi connectivity index (χ0n) is 18.3. The SMILES string of the molecule is Cc1ccc([S@](=O)/N=C/[C]2[CH][CH][CH][CH]2)cc1.Cc1ccc([S@](=O)/N=C/[C]2[CH][CH][CH][CH]2)cc1.[Fe+2]. The van der Waals surface area contributed by atoms with Gasteiger partial charge in [-0.15, -0.1) is 0 Å². The normalized spacial score (nSPS) is 18.7. The van der Waals surface area contributed by atoms with Crippen LogP contribution in [0.1, 0.15) is 11.1 Å². The molecule has 4 rings (SSSR count). The molecule has 168 valence electrons. The minimum atomic E-state index is -1.31. The maximum atomic E-state index is 11.8. The van der Waals surface area contributed by atoms with Crippen LogP contribution in [0.5, 0.6) is 0 Å². The first-order chi connectivity index (χ1) is 15.5. The summed E-state index contributed by atoms with van der Waals surface area (Å²) >= 11 is 0. The molecule has 2 saturated carbocycles. The number of aryl methyl sites for hydroxylation is 2. The van der Waals surface area contributed by atoms with Crippen LogP contribution >= 0.6 is 0 Å². The first-order valence-electron chi connectivity index (χ1n) is 10.00. The van der Waals surface area contributed by atoms with E-state index in [-0.39, 0.29) is 17.1 Å². The summed E-state index contributed by atoms with van der Waals surface area (Å²) in [6.45, 7) is 4.00. The predicted octanol–water partition coefficient (Wildman–Crippen LogP) is 4.98. The van der Waals surface area contributed by atoms with E-state index in [1.54, 1.807) is 12.4 Å². The van der Waals surface area contributed by atoms with Gasteiger partial charge in [-0.05, 0) is 89.5 Å². The zero-order valence-corrected chi connectivity index (χ0v) is 21.0. The molecule has 33 heavy (non-hydrogen) atoms. The van der Waals surface area contributed by atoms with Crippen LogP contribution in [0.15, 0.2) is 67.1 Å². The molecule has 7 heteroatoms. The van der Waals surface area contributed by atoms with E-state index in [4.69, 9.17) is 0 Å². The molecule has 0 unspecified atom stereocenters. The summed E-state index contributed by atoms with van der Waals surface area (Å²) < 4.78 is 31.6. The van der Waals surface area contributed by atoms with Crippen molar-refractivity contribution >= 4 is 34.4 Å². The molecule has 0 saturated heterocycles. The molecule has 2 aromatic rings. The third-order valence-corrected chi connectivity index (χ3v) is 6.36. The van der Waals surface area contributed by atoms with Crippen molar-refractivity contribution in [1.29, 1.82) is 0 Å². The second-order valence-corrected chi connectivity index (χ2v) is 9.39. The van der Waals surface area contributed by atoms with Crippen molar-refractivity contribution in [3.8, 4) is 0 Å². The van der Waals surface area contributed by atoms with Crippen LogP contribution < -0.4 is 0 Å². The molecule has 0 aromatic heterocycles. The van der Waals surface area contributed by atoms with Gasteiger partial charge in [-0.25, -0.2) is 8.42 Å². The van der Waals surface area contributed by atoms with Gasteiger partial charge in [-0.3, -0.25) is 0 Å². The number of rotatable bonds is 6. The molecule has 10 radical (unpaired) electrons. The maximum Gasteiger partial charge on any atom is 2.00 e. The molecule has 0 aliphatic heterocycles. The Hall–Kier alpha value is -1.40. The number of hydrogen-bond acceptors (Lipinski definition) is 2. The van der Waals surface area contributed by atoms with Gasteiger partial charge in [0.15, 0.2) is 22.0 Å². The summed E-state index contributed by atoms with van der Waals surface area (Å²) in [5.74, 6) is 1.95. The standard InChI is InChI=1S/2C13H12NOS.Fe/c2*1-11-6-8-13(9-7-11)16(15)14-10-12-4-2-3-5-12;/h2*2-10H,1H3;/q;;+2/b2*14-10+;/t2*16-;/m00./s1. The fourth-order valence-electron chi connectivity index (χ4n) is 2.60. The van der Waals surface area contributed by atoms with E-state index in [2.05, 4.69) is 8.80 Å². The molecule has 4 nitrogen and oxygen atoms in total. The summed E-state index contributed by atoms with van der Waals surface area (Å²) in [5.41, 5.74) is 2.31. The van der Waals surface area contributed by atoms with E-state index < -0.39 is 22.0 Å². The minimum absolute atomic E-state index is 0. The largest absolute Gasteiger partial charge is 2.00 e. The second kappa shape index (κ2) is 14.8. The van der Waals surface area contributed by atoms with E-state index in [9.17, 15) is 8.42 Å². The summed E-state index contributed by atoms with van der Waals surface area (Å²) in [5, 5.41) is 0. The Morgan fingerprint density at radius 1 is 0.576 bits per heavy atom. The maximum absolute atomic E-state index is 11.8. The van der Waals surface area contributed by atoms with Gasteiger partial charge in [0.25, 0.3) is 0 Å². The van der Waals surface area contributed by atoms with Gasteiger partial charge in [-0.1, -0.05) is 35.4 Å². The van der Waals surface area contributed by atoms with Gasteiger partial charge in [-0.2, -0.15) is 8.80 Å². The predicted molar refractivity (Wildman–Crippen MR) is 133 cm³/mol. The Labute approximate surface area is 214 Å². The smallest absolute Gasteiger partial charge is 0.230 e. The summed E-state index contributed by atoms with van der Waals surface area (Å²) in [6.07, 6.45) is 18.7. The Kier molecular flexibility index (Phi) is 12.5. The van der Waals surface area contributed by atoms with Crippen molar-refractivity contribution in [2.24, 2.45) is 8.80 Å². The molecule has 2 aliphatic carbocycles. The Balaban J connectivity index is 0.000000227. The first-order valence-corrected chi connectivity index (χ1v) is 12.2. The second-order valence-electron chi connectivity index (χ2n) is 7.03. The van der Waals surface area contributed by atoms with Crippen LogP contribution in [0.25, 0.3) is 0 Å². The topological polar surface area (TPSA) is 58.9 Å². The molecule has 2 aromatic carbocycles. The Morgan fingerprint density at radius 3 is 1.18 bits per heavy atom. The Bertz CT molecular complexity index is 868. The van der Waals surface area contributed by atoms with Gasteiger partial charge in [0, 0.05) is 24.3 Å². The molecule has 0 spiro atoms. The number of hydrogen-bond donors (Lipinski definition) is 0. The molecule has 0 amide bonds. The third-order valence-electron chi connectivity index (χ3n) is 4.42. The monoisotopic (exact) mass is 516 g/mol. The molecule has 2 fully saturated rings. The van der Waals surface area contributed by atoms with Gasteiger partial charge >= 0.3 is 17.1 Å². The molecule has 0 heterocycles. The van der Waals surface area contributed by atoms with E-state index in [0.29, 0.717) is 0 Å². The molecule has 2 atom stereocenters. The fraction of sp³-hybridized carbons (Fsp3) is 0.0769.